The smallest absolute Gasteiger partial charge is 0.0377 e. The first kappa shape index (κ1) is 9.87. The van der Waals surface area contributed by atoms with Crippen LogP contribution in [0.3, 0.4) is 0 Å². The number of hydrogen-bond donors (Lipinski definition) is 2. The van der Waals surface area contributed by atoms with Gasteiger partial charge in [-0.3, -0.25) is 0 Å². The Hall–Kier alpha value is -0.670. The molecule has 0 saturated carbocycles. The summed E-state index contributed by atoms with van der Waals surface area (Å²) in [6.07, 6.45) is 2.19. The van der Waals surface area contributed by atoms with Crippen molar-refractivity contribution in [1.82, 2.24) is 0 Å². The fourth-order valence-corrected chi connectivity index (χ4v) is 2.07. The molecule has 2 nitrogen and oxygen atoms in total. The monoisotopic (exact) mass is 208 g/mol. The average molecular weight is 208 g/mol. The highest BCUT2D eigenvalue weighted by atomic mass is 32.1. The van der Waals surface area contributed by atoms with Crippen LogP contribution in [0.15, 0.2) is 29.2 Å². The Labute approximate surface area is 90.5 Å². The summed E-state index contributed by atoms with van der Waals surface area (Å²) in [5.41, 5.74) is 7.13. The second-order valence-corrected chi connectivity index (χ2v) is 4.36. The molecular weight excluding hydrogens is 192 g/mol. The number of rotatable bonds is 1. The van der Waals surface area contributed by atoms with Gasteiger partial charge in [0.2, 0.25) is 0 Å². The van der Waals surface area contributed by atoms with Gasteiger partial charge in [0.1, 0.15) is 0 Å². The Morgan fingerprint density at radius 2 is 2.00 bits per heavy atom. The van der Waals surface area contributed by atoms with Gasteiger partial charge in [-0.1, -0.05) is 6.07 Å². The Kier molecular flexibility index (Phi) is 2.99. The number of nitrogens with two attached hydrogens (primary N) is 1. The predicted octanol–water partition coefficient (Wildman–Crippen LogP) is 1.90. The number of nitrogens with zero attached hydrogens (tertiary/aromatic N) is 1. The molecule has 1 aliphatic heterocycles. The molecule has 2 rings (SSSR count). The van der Waals surface area contributed by atoms with E-state index in [0.29, 0.717) is 6.04 Å². The quantitative estimate of drug-likeness (QED) is 0.690. The maximum atomic E-state index is 5.86. The van der Waals surface area contributed by atoms with Crippen LogP contribution in [-0.2, 0) is 0 Å². The lowest BCUT2D eigenvalue weighted by atomic mass is 10.1. The summed E-state index contributed by atoms with van der Waals surface area (Å²) in [6, 6.07) is 8.69. The lowest BCUT2D eigenvalue weighted by Crippen LogP contribution is -2.39. The Morgan fingerprint density at radius 3 is 2.64 bits per heavy atom. The maximum absolute atomic E-state index is 5.86. The van der Waals surface area contributed by atoms with Crippen molar-refractivity contribution in [3.63, 3.8) is 0 Å². The lowest BCUT2D eigenvalue weighted by Gasteiger charge is -2.32. The zero-order valence-electron chi connectivity index (χ0n) is 8.19. The highest BCUT2D eigenvalue weighted by molar-refractivity contribution is 7.80. The molecule has 76 valence electrons. The molecule has 2 N–H and O–H groups in total. The molecule has 0 aromatic heterocycles. The van der Waals surface area contributed by atoms with Crippen LogP contribution in [0.25, 0.3) is 0 Å². The molecule has 0 bridgehead atoms. The molecule has 1 saturated heterocycles. The standard InChI is InChI=1S/C11H16N2S/c12-9-4-6-13(7-5-9)10-2-1-3-11(14)8-10/h1-3,8-9,14H,4-7,12H2. The fourth-order valence-electron chi connectivity index (χ4n) is 1.85. The van der Waals surface area contributed by atoms with Crippen LogP contribution in [-0.4, -0.2) is 19.1 Å². The minimum Gasteiger partial charge on any atom is -0.371 e. The molecule has 1 heterocycles. The van der Waals surface area contributed by atoms with Gasteiger partial charge in [0.05, 0.1) is 0 Å². The van der Waals surface area contributed by atoms with Crippen LogP contribution in [0.4, 0.5) is 5.69 Å². The highest BCUT2D eigenvalue weighted by Gasteiger charge is 2.15. The number of benzene rings is 1. The fraction of sp³-hybridized carbons (Fsp3) is 0.455. The summed E-state index contributed by atoms with van der Waals surface area (Å²) < 4.78 is 0. The molecule has 0 amide bonds. The van der Waals surface area contributed by atoms with Gasteiger partial charge in [-0.15, -0.1) is 12.6 Å². The number of anilines is 1. The third kappa shape index (κ3) is 2.22. The van der Waals surface area contributed by atoms with E-state index in [1.165, 1.54) is 5.69 Å². The van der Waals surface area contributed by atoms with Crippen molar-refractivity contribution in [2.45, 2.75) is 23.8 Å². The van der Waals surface area contributed by atoms with Crippen molar-refractivity contribution in [1.29, 1.82) is 0 Å². The van der Waals surface area contributed by atoms with E-state index < -0.39 is 0 Å². The molecule has 0 radical (unpaired) electrons. The van der Waals surface area contributed by atoms with Gasteiger partial charge in [-0.05, 0) is 31.0 Å². The van der Waals surface area contributed by atoms with Gasteiger partial charge < -0.3 is 10.6 Å². The molecule has 0 aliphatic carbocycles. The Balaban J connectivity index is 2.08. The topological polar surface area (TPSA) is 29.3 Å². The van der Waals surface area contributed by atoms with Crippen molar-refractivity contribution in [2.75, 3.05) is 18.0 Å². The molecule has 0 unspecified atom stereocenters. The summed E-state index contributed by atoms with van der Waals surface area (Å²) in [7, 11) is 0. The van der Waals surface area contributed by atoms with Crippen LogP contribution in [0.1, 0.15) is 12.8 Å². The van der Waals surface area contributed by atoms with Crippen LogP contribution in [0.5, 0.6) is 0 Å². The molecule has 1 aromatic carbocycles. The van der Waals surface area contributed by atoms with Crippen molar-refractivity contribution >= 4 is 18.3 Å². The first-order valence-corrected chi connectivity index (χ1v) is 5.50. The van der Waals surface area contributed by atoms with Gasteiger partial charge in [-0.25, -0.2) is 0 Å². The zero-order chi connectivity index (χ0) is 9.97. The summed E-state index contributed by atoms with van der Waals surface area (Å²) in [5.74, 6) is 0. The molecule has 0 atom stereocenters. The minimum absolute atomic E-state index is 0.394. The number of piperidine rings is 1. The minimum atomic E-state index is 0.394. The Bertz CT molecular complexity index is 306. The van der Waals surface area contributed by atoms with Crippen molar-refractivity contribution in [3.8, 4) is 0 Å². The first-order chi connectivity index (χ1) is 6.75. The number of hydrogen-bond acceptors (Lipinski definition) is 3. The second-order valence-electron chi connectivity index (χ2n) is 3.84. The van der Waals surface area contributed by atoms with Gasteiger partial charge in [0.15, 0.2) is 0 Å². The van der Waals surface area contributed by atoms with Crippen LogP contribution in [0.2, 0.25) is 0 Å². The lowest BCUT2D eigenvalue weighted by molar-refractivity contribution is 0.501. The second kappa shape index (κ2) is 4.24. The van der Waals surface area contributed by atoms with E-state index in [4.69, 9.17) is 5.73 Å². The summed E-state index contributed by atoms with van der Waals surface area (Å²) in [5, 5.41) is 0. The highest BCUT2D eigenvalue weighted by Crippen LogP contribution is 2.21. The van der Waals surface area contributed by atoms with Crippen LogP contribution in [0, 0.1) is 0 Å². The van der Waals surface area contributed by atoms with Crippen molar-refractivity contribution in [2.24, 2.45) is 5.73 Å². The molecule has 3 heteroatoms. The maximum Gasteiger partial charge on any atom is 0.0377 e. The molecule has 0 spiro atoms. The molecule has 1 fully saturated rings. The first-order valence-electron chi connectivity index (χ1n) is 5.05. The predicted molar refractivity (Wildman–Crippen MR) is 63.1 cm³/mol. The van der Waals surface area contributed by atoms with Gasteiger partial charge in [0, 0.05) is 29.7 Å². The molecule has 1 aliphatic rings. The van der Waals surface area contributed by atoms with Gasteiger partial charge >= 0.3 is 0 Å². The van der Waals surface area contributed by atoms with E-state index in [1.54, 1.807) is 0 Å². The van der Waals surface area contributed by atoms with E-state index in [0.717, 1.165) is 30.8 Å². The Morgan fingerprint density at radius 1 is 1.29 bits per heavy atom. The van der Waals surface area contributed by atoms with Gasteiger partial charge in [-0.2, -0.15) is 0 Å². The van der Waals surface area contributed by atoms with Gasteiger partial charge in [0.25, 0.3) is 0 Å². The van der Waals surface area contributed by atoms with E-state index in [-0.39, 0.29) is 0 Å². The summed E-state index contributed by atoms with van der Waals surface area (Å²) in [4.78, 5) is 3.40. The largest absolute Gasteiger partial charge is 0.371 e. The summed E-state index contributed by atoms with van der Waals surface area (Å²) >= 11 is 4.34. The SMILES string of the molecule is NC1CCN(c2cccc(S)c2)CC1. The summed E-state index contributed by atoms with van der Waals surface area (Å²) in [6.45, 7) is 2.14. The van der Waals surface area contributed by atoms with Crippen molar-refractivity contribution in [3.05, 3.63) is 24.3 Å². The molecule has 14 heavy (non-hydrogen) atoms. The van der Waals surface area contributed by atoms with Crippen LogP contribution >= 0.6 is 12.6 Å². The van der Waals surface area contributed by atoms with Crippen LogP contribution < -0.4 is 10.6 Å². The molecule has 1 aromatic rings. The average Bonchev–Trinajstić information content (AvgIpc) is 2.19. The van der Waals surface area contributed by atoms with E-state index in [9.17, 15) is 0 Å². The molecular formula is C11H16N2S. The zero-order valence-corrected chi connectivity index (χ0v) is 9.08. The van der Waals surface area contributed by atoms with E-state index in [2.05, 4.69) is 29.7 Å². The van der Waals surface area contributed by atoms with Crippen molar-refractivity contribution < 1.29 is 0 Å². The van der Waals surface area contributed by atoms with E-state index in [1.807, 2.05) is 12.1 Å². The number of thiol groups is 1. The third-order valence-electron chi connectivity index (χ3n) is 2.73. The third-order valence-corrected chi connectivity index (χ3v) is 3.01. The van der Waals surface area contributed by atoms with E-state index >= 15 is 0 Å². The normalized spacial score (nSPS) is 18.6.